The molecule has 3 aliphatic heterocycles. The van der Waals surface area contributed by atoms with Crippen molar-refractivity contribution < 1.29 is 108 Å². The average Bonchev–Trinajstić information content (AvgIpc) is 1.64. The molecule has 3 saturated heterocycles. The third-order valence-corrected chi connectivity index (χ3v) is 23.0. The van der Waals surface area contributed by atoms with Gasteiger partial charge in [-0.1, -0.05) is 138 Å². The topological polar surface area (TPSA) is 513 Å². The second-order valence-electron chi connectivity index (χ2n) is 32.3. The molecule has 9 amide bonds. The van der Waals surface area contributed by atoms with E-state index in [-0.39, 0.29) is 60.0 Å². The molecule has 3 heterocycles. The largest absolute Gasteiger partial charge is 0.506 e. The second kappa shape index (κ2) is 46.3. The number of aromatic hydroxyl groups is 1. The number of Topliss-reactive ketones (excluding diaryl/α,β-unsaturated/α-hetero) is 3. The van der Waals surface area contributed by atoms with Crippen molar-refractivity contribution in [2.75, 3.05) is 37.0 Å². The Morgan fingerprint density at radius 2 is 1.29 bits per heavy atom. The van der Waals surface area contributed by atoms with Crippen LogP contribution in [0.15, 0.2) is 121 Å². The zero-order valence-corrected chi connectivity index (χ0v) is 70.1. The first-order valence-corrected chi connectivity index (χ1v) is 42.7. The van der Waals surface area contributed by atoms with Crippen molar-refractivity contribution in [3.63, 3.8) is 0 Å². The molecular formula is C88H118N10O22S. The number of rotatable bonds is 37. The lowest BCUT2D eigenvalue weighted by atomic mass is 9.86. The number of nitrogens with two attached hydrogens (primary N) is 1. The Morgan fingerprint density at radius 1 is 0.678 bits per heavy atom. The molecule has 0 aromatic heterocycles. The van der Waals surface area contributed by atoms with Crippen molar-refractivity contribution in [2.45, 2.75) is 235 Å². The molecule has 18 N–H and O–H groups in total. The van der Waals surface area contributed by atoms with Crippen LogP contribution in [0.4, 0.5) is 5.69 Å². The number of carbonyl (C=O) groups is 12. The number of unbranched alkanes of at least 4 members (excludes halogenated alkanes) is 4. The van der Waals surface area contributed by atoms with Crippen LogP contribution >= 0.6 is 11.8 Å². The fourth-order valence-corrected chi connectivity index (χ4v) is 15.8. The van der Waals surface area contributed by atoms with Crippen molar-refractivity contribution in [2.24, 2.45) is 29.4 Å². The number of phenols is 1. The monoisotopic (exact) mass is 1700 g/mol. The lowest BCUT2D eigenvalue weighted by molar-refractivity contribution is -0.149. The average molecular weight is 1700 g/mol. The highest BCUT2D eigenvalue weighted by atomic mass is 32.2. The molecule has 121 heavy (non-hydrogen) atoms. The SMILES string of the molecule is CCCCCOc1ccc(-c2ccc(-c3ccc(C(=O)N[C@H]4C[C@@H](O)[C@@H](O)NC(=O)[C@@H]5[C@@H](O)[C@@H](C)CN5C(=O)[C@H]([C@@H](C)O)NC(=O)[C@H]([C@H](O)[C@@H](O)c5ccc(O)c(NC(=O)[C@@H](N)CCCCCC(=O)[C@H](Cc6ccccc6)NC(=O)[C@@H](CC(=O)[C@H](CCSC)NC=O)CC(C)C)c5)CC(=O)[C@@H]5C[C@@H](O)CN5C(=O)[C@H]([C@@H](C)O)NC4=O)cc3)cc2)cc1. The number of amides is 9. The van der Waals surface area contributed by atoms with Gasteiger partial charge in [-0.2, -0.15) is 11.8 Å². The van der Waals surface area contributed by atoms with E-state index in [0.29, 0.717) is 56.4 Å². The molecule has 5 aromatic rings. The molecule has 3 aliphatic rings. The number of hydrogen-bond donors (Lipinski definition) is 17. The Morgan fingerprint density at radius 3 is 1.89 bits per heavy atom. The van der Waals surface area contributed by atoms with Crippen LogP contribution in [0.5, 0.6) is 11.5 Å². The maximum Gasteiger partial charge on any atom is 0.251 e. The normalized spacial score (nSPS) is 23.4. The predicted octanol–water partition coefficient (Wildman–Crippen LogP) is 3.17. The van der Waals surface area contributed by atoms with E-state index in [1.807, 2.05) is 86.8 Å². The number of aliphatic hydroxyl groups excluding tert-OH is 8. The molecular weight excluding hydrogens is 1580 g/mol. The van der Waals surface area contributed by atoms with Gasteiger partial charge in [-0.3, -0.25) is 57.5 Å². The number of aliphatic hydroxyl groups is 8. The minimum Gasteiger partial charge on any atom is -0.506 e. The Labute approximate surface area is 708 Å². The van der Waals surface area contributed by atoms with Crippen molar-refractivity contribution in [1.29, 1.82) is 0 Å². The van der Waals surface area contributed by atoms with Crippen molar-refractivity contribution in [3.05, 3.63) is 138 Å². The van der Waals surface area contributed by atoms with Gasteiger partial charge >= 0.3 is 0 Å². The Balaban J connectivity index is 0.984. The molecule has 0 radical (unpaired) electrons. The van der Waals surface area contributed by atoms with Crippen LogP contribution in [0.25, 0.3) is 22.3 Å². The van der Waals surface area contributed by atoms with Crippen LogP contribution in [0.3, 0.4) is 0 Å². The van der Waals surface area contributed by atoms with Gasteiger partial charge in [0.05, 0.1) is 72.9 Å². The van der Waals surface area contributed by atoms with Crippen LogP contribution in [0.1, 0.15) is 159 Å². The lowest BCUT2D eigenvalue weighted by Gasteiger charge is -2.33. The zero-order valence-electron chi connectivity index (χ0n) is 69.3. The van der Waals surface area contributed by atoms with Gasteiger partial charge < -0.3 is 103 Å². The molecule has 0 spiro atoms. The Bertz CT molecular complexity index is 4330. The fourth-order valence-electron chi connectivity index (χ4n) is 15.3. The molecule has 3 fully saturated rings. The highest BCUT2D eigenvalue weighted by Crippen LogP contribution is 2.35. The van der Waals surface area contributed by atoms with Crippen LogP contribution in [0.2, 0.25) is 0 Å². The van der Waals surface area contributed by atoms with E-state index in [0.717, 1.165) is 89.1 Å². The number of hydrogen-bond acceptors (Lipinski definition) is 24. The highest BCUT2D eigenvalue weighted by Gasteiger charge is 2.51. The maximum absolute atomic E-state index is 15.0. The predicted molar refractivity (Wildman–Crippen MR) is 450 cm³/mol. The minimum atomic E-state index is -2.43. The number of phenolic OH excluding ortho intramolecular Hbond substituents is 1. The molecule has 0 aliphatic carbocycles. The number of nitrogens with zero attached hydrogens (tertiary/aromatic N) is 2. The van der Waals surface area contributed by atoms with Gasteiger partial charge in [0.1, 0.15) is 47.9 Å². The summed E-state index contributed by atoms with van der Waals surface area (Å²) in [5, 5.41) is 121. The van der Waals surface area contributed by atoms with Gasteiger partial charge in [0.2, 0.25) is 47.8 Å². The molecule has 19 atom stereocenters. The zero-order chi connectivity index (χ0) is 88.5. The summed E-state index contributed by atoms with van der Waals surface area (Å²) >= 11 is 1.51. The standard InChI is InChI=1S/C88H118N10O22S/c1-8-9-16-36-120-61-32-29-56(30-33-61)54-23-21-53(22-24-54)55-25-27-57(28-26-55)80(111)93-67-44-73(107)85(116)96-86(117)76-77(108)49(4)45-98(76)88(119)75(51(6)101)94-82(113)62(43-72(106)68-42-60(102)46-97(68)87(118)74(50(5)100)95-84(67)115)79(110)78(109)58-31-34-70(104)66(40-58)92-83(114)63(89)19-14-11-15-20-69(103)65(39-52-17-12-10-13-18-52)91-81(112)59(38-48(2)3)41-71(105)64(90-47-99)35-37-121-7/h10,12-13,17-18,21-34,40,47-51,59-60,62-65,67-68,73-79,85,100-102,104,107-110,116H,8-9,11,14-16,19-20,35-39,41-46,89H2,1-7H3,(H,90,99)(H,91,112)(H,92,114)(H,93,111)(H,94,113)(H,95,115)(H,96,117)/t49-,50+,51+,59+,60+,62-,63-,64-,65-,67-,68-,73+,74-,75-,76-,77-,78-,79-,85+/m0/s1. The van der Waals surface area contributed by atoms with Crippen LogP contribution in [-0.4, -0.2) is 250 Å². The molecule has 32 nitrogen and oxygen atoms in total. The molecule has 5 aromatic carbocycles. The minimum absolute atomic E-state index is 0.00687. The maximum atomic E-state index is 15.0. The number of anilines is 1. The summed E-state index contributed by atoms with van der Waals surface area (Å²) in [6.45, 7) is 9.09. The first kappa shape index (κ1) is 96.4. The molecule has 33 heteroatoms. The van der Waals surface area contributed by atoms with E-state index in [9.17, 15) is 103 Å². The van der Waals surface area contributed by atoms with Crippen molar-refractivity contribution in [3.8, 4) is 33.8 Å². The molecule has 0 bridgehead atoms. The van der Waals surface area contributed by atoms with E-state index in [4.69, 9.17) is 10.5 Å². The van der Waals surface area contributed by atoms with Gasteiger partial charge in [0.15, 0.2) is 23.6 Å². The van der Waals surface area contributed by atoms with E-state index >= 15 is 0 Å². The smallest absolute Gasteiger partial charge is 0.251 e. The number of carbonyl (C=O) groups excluding carboxylic acids is 12. The second-order valence-corrected chi connectivity index (χ2v) is 33.3. The molecule has 0 saturated carbocycles. The van der Waals surface area contributed by atoms with Crippen LogP contribution in [-0.2, 0) is 59.2 Å². The number of benzene rings is 5. The van der Waals surface area contributed by atoms with Crippen LogP contribution < -0.4 is 47.7 Å². The van der Waals surface area contributed by atoms with Crippen molar-refractivity contribution >= 4 is 88.5 Å². The van der Waals surface area contributed by atoms with E-state index < -0.39 is 206 Å². The van der Waals surface area contributed by atoms with Gasteiger partial charge in [-0.15, -0.1) is 0 Å². The summed E-state index contributed by atoms with van der Waals surface area (Å²) < 4.78 is 5.87. The quantitative estimate of drug-likeness (QED) is 0.0154. The number of thioether (sulfide) groups is 1. The molecule has 0 unspecified atom stereocenters. The third kappa shape index (κ3) is 27.0. The third-order valence-electron chi connectivity index (χ3n) is 22.3. The van der Waals surface area contributed by atoms with E-state index in [2.05, 4.69) is 44.1 Å². The number of ketones is 3. The summed E-state index contributed by atoms with van der Waals surface area (Å²) in [5.74, 6) is -13.5. The summed E-state index contributed by atoms with van der Waals surface area (Å²) in [5.41, 5.74) is 9.80. The first-order chi connectivity index (χ1) is 57.6. The van der Waals surface area contributed by atoms with Gasteiger partial charge in [-0.25, -0.2) is 0 Å². The fraction of sp³-hybridized carbons (Fsp3) is 0.523. The number of ether oxygens (including phenoxy) is 1. The number of nitrogens with one attached hydrogen (secondary N) is 7. The lowest BCUT2D eigenvalue weighted by Crippen LogP contribution is -2.61. The Hall–Kier alpha value is -10.1. The van der Waals surface area contributed by atoms with Crippen LogP contribution in [0, 0.1) is 23.7 Å². The summed E-state index contributed by atoms with van der Waals surface area (Å²) in [4.78, 5) is 171. The first-order valence-electron chi connectivity index (χ1n) is 41.3. The summed E-state index contributed by atoms with van der Waals surface area (Å²) in [6, 6.07) is 21.0. The van der Waals surface area contributed by atoms with E-state index in [1.54, 1.807) is 24.3 Å². The van der Waals surface area contributed by atoms with E-state index in [1.165, 1.54) is 30.8 Å². The number of fused-ring (bicyclic) bond motifs is 2. The van der Waals surface area contributed by atoms with Gasteiger partial charge in [0, 0.05) is 62.6 Å². The summed E-state index contributed by atoms with van der Waals surface area (Å²) in [7, 11) is 0. The molecule has 658 valence electrons. The Kier molecular flexibility index (Phi) is 36.8. The van der Waals surface area contributed by atoms with Crippen molar-refractivity contribution in [1.82, 2.24) is 41.7 Å². The van der Waals surface area contributed by atoms with Gasteiger partial charge in [-0.05, 0) is 140 Å². The van der Waals surface area contributed by atoms with Gasteiger partial charge in [0.25, 0.3) is 5.91 Å². The highest BCUT2D eigenvalue weighted by molar-refractivity contribution is 7.98. The molecule has 8 rings (SSSR count). The summed E-state index contributed by atoms with van der Waals surface area (Å²) in [6.07, 6.45) is -11.5.